The van der Waals surface area contributed by atoms with Crippen molar-refractivity contribution < 1.29 is 5.11 Å². The highest BCUT2D eigenvalue weighted by Gasteiger charge is 2.17. The molecular weight excluding hydrogens is 390 g/mol. The van der Waals surface area contributed by atoms with Gasteiger partial charge in [0.25, 0.3) is 5.56 Å². The van der Waals surface area contributed by atoms with Crippen molar-refractivity contribution in [2.24, 2.45) is 5.73 Å². The van der Waals surface area contributed by atoms with Gasteiger partial charge in [-0.2, -0.15) is 0 Å². The Kier molecular flexibility index (Phi) is 5.79. The van der Waals surface area contributed by atoms with E-state index in [2.05, 4.69) is 33.5 Å². The Labute approximate surface area is 180 Å². The standard InChI is InChI=1S/C24H25N5O2/c1-15-8-16(2)10-17(9-15)20-13-27-23-22(21(20)12-26-7-6-25)24(31)29(14-28-23)18-4-3-5-19(30)11-18/h3-5,8-11,13-14,26,30H,6-7,12,25H2,1-2H3. The van der Waals surface area contributed by atoms with E-state index in [-0.39, 0.29) is 11.3 Å². The first-order chi connectivity index (χ1) is 15.0. The number of hydrogen-bond acceptors (Lipinski definition) is 6. The minimum Gasteiger partial charge on any atom is -0.508 e. The molecule has 2 aromatic carbocycles. The number of fused-ring (bicyclic) bond motifs is 1. The third kappa shape index (κ3) is 4.19. The summed E-state index contributed by atoms with van der Waals surface area (Å²) in [5.74, 6) is 0.0800. The van der Waals surface area contributed by atoms with Gasteiger partial charge in [-0.15, -0.1) is 0 Å². The Morgan fingerprint density at radius 1 is 1.10 bits per heavy atom. The van der Waals surface area contributed by atoms with Gasteiger partial charge in [0, 0.05) is 37.5 Å². The van der Waals surface area contributed by atoms with Gasteiger partial charge < -0.3 is 16.2 Å². The first-order valence-corrected chi connectivity index (χ1v) is 10.2. The molecule has 0 unspecified atom stereocenters. The zero-order valence-electron chi connectivity index (χ0n) is 17.6. The van der Waals surface area contributed by atoms with Crippen LogP contribution >= 0.6 is 0 Å². The van der Waals surface area contributed by atoms with Gasteiger partial charge in [0.1, 0.15) is 12.1 Å². The number of phenols is 1. The molecule has 4 aromatic rings. The van der Waals surface area contributed by atoms with Crippen LogP contribution in [-0.2, 0) is 6.54 Å². The number of phenolic OH excluding ortho intramolecular Hbond substituents is 1. The molecule has 0 bridgehead atoms. The molecule has 4 N–H and O–H groups in total. The molecule has 7 nitrogen and oxygen atoms in total. The summed E-state index contributed by atoms with van der Waals surface area (Å²) in [6.45, 7) is 5.67. The Balaban J connectivity index is 1.99. The molecule has 7 heteroatoms. The van der Waals surface area contributed by atoms with Gasteiger partial charge in [-0.05, 0) is 37.1 Å². The van der Waals surface area contributed by atoms with Gasteiger partial charge in [0.05, 0.1) is 11.1 Å². The fraction of sp³-hybridized carbons (Fsp3) is 0.208. The fourth-order valence-electron chi connectivity index (χ4n) is 3.85. The first-order valence-electron chi connectivity index (χ1n) is 10.2. The average molecular weight is 415 g/mol. The van der Waals surface area contributed by atoms with Crippen molar-refractivity contribution >= 4 is 11.0 Å². The molecule has 0 spiro atoms. The van der Waals surface area contributed by atoms with E-state index >= 15 is 0 Å². The largest absolute Gasteiger partial charge is 0.508 e. The summed E-state index contributed by atoms with van der Waals surface area (Å²) >= 11 is 0. The van der Waals surface area contributed by atoms with E-state index in [1.54, 1.807) is 24.4 Å². The second-order valence-corrected chi connectivity index (χ2v) is 7.63. The molecule has 2 heterocycles. The lowest BCUT2D eigenvalue weighted by Gasteiger charge is -2.15. The molecule has 0 atom stereocenters. The third-order valence-electron chi connectivity index (χ3n) is 5.16. The van der Waals surface area contributed by atoms with Crippen LogP contribution in [0.3, 0.4) is 0 Å². The summed E-state index contributed by atoms with van der Waals surface area (Å²) in [6, 6.07) is 12.8. The number of benzene rings is 2. The molecule has 0 amide bonds. The van der Waals surface area contributed by atoms with Crippen LogP contribution in [0.4, 0.5) is 0 Å². The predicted octanol–water partition coefficient (Wildman–Crippen LogP) is 2.82. The minimum absolute atomic E-state index is 0.0800. The average Bonchev–Trinajstić information content (AvgIpc) is 2.73. The number of aromatic hydroxyl groups is 1. The maximum atomic E-state index is 13.6. The smallest absolute Gasteiger partial charge is 0.267 e. The fourth-order valence-corrected chi connectivity index (χ4v) is 3.85. The number of rotatable bonds is 6. The van der Waals surface area contributed by atoms with Crippen LogP contribution in [0.1, 0.15) is 16.7 Å². The molecule has 158 valence electrons. The Bertz CT molecular complexity index is 1290. The van der Waals surface area contributed by atoms with Gasteiger partial charge >= 0.3 is 0 Å². The van der Waals surface area contributed by atoms with Gasteiger partial charge in [-0.1, -0.05) is 35.4 Å². The quantitative estimate of drug-likeness (QED) is 0.418. The van der Waals surface area contributed by atoms with E-state index in [1.807, 2.05) is 13.8 Å². The molecule has 4 rings (SSSR count). The van der Waals surface area contributed by atoms with E-state index in [0.29, 0.717) is 36.4 Å². The third-order valence-corrected chi connectivity index (χ3v) is 5.16. The molecule has 0 saturated carbocycles. The number of nitrogens with one attached hydrogen (secondary N) is 1. The Morgan fingerprint density at radius 3 is 2.58 bits per heavy atom. The van der Waals surface area contributed by atoms with Crippen LogP contribution in [0.15, 0.2) is 59.8 Å². The molecule has 0 aliphatic rings. The Hall–Kier alpha value is -3.55. The van der Waals surface area contributed by atoms with Gasteiger partial charge in [-0.3, -0.25) is 9.36 Å². The zero-order chi connectivity index (χ0) is 22.0. The maximum Gasteiger partial charge on any atom is 0.267 e. The van der Waals surface area contributed by atoms with Crippen molar-refractivity contribution in [3.8, 4) is 22.6 Å². The van der Waals surface area contributed by atoms with Crippen LogP contribution in [0, 0.1) is 13.8 Å². The number of nitrogens with zero attached hydrogens (tertiary/aromatic N) is 3. The van der Waals surface area contributed by atoms with Crippen molar-refractivity contribution in [2.75, 3.05) is 13.1 Å². The molecule has 31 heavy (non-hydrogen) atoms. The number of aromatic nitrogens is 3. The highest BCUT2D eigenvalue weighted by molar-refractivity contribution is 5.86. The van der Waals surface area contributed by atoms with Crippen LogP contribution < -0.4 is 16.6 Å². The molecular formula is C24H25N5O2. The number of aryl methyl sites for hydroxylation is 2. The van der Waals surface area contributed by atoms with E-state index in [1.165, 1.54) is 17.0 Å². The molecule has 0 fully saturated rings. The SMILES string of the molecule is Cc1cc(C)cc(-c2cnc3ncn(-c4cccc(O)c4)c(=O)c3c2CNCCN)c1. The lowest BCUT2D eigenvalue weighted by molar-refractivity contribution is 0.475. The van der Waals surface area contributed by atoms with E-state index in [0.717, 1.165) is 27.8 Å². The predicted molar refractivity (Wildman–Crippen MR) is 122 cm³/mol. The topological polar surface area (TPSA) is 106 Å². The second kappa shape index (κ2) is 8.67. The van der Waals surface area contributed by atoms with Gasteiger partial charge in [-0.25, -0.2) is 9.97 Å². The number of hydrogen-bond donors (Lipinski definition) is 3. The number of nitrogens with two attached hydrogens (primary N) is 1. The lowest BCUT2D eigenvalue weighted by atomic mass is 9.96. The van der Waals surface area contributed by atoms with Crippen LogP contribution in [0.2, 0.25) is 0 Å². The number of pyridine rings is 1. The molecule has 0 aliphatic heterocycles. The summed E-state index contributed by atoms with van der Waals surface area (Å²) in [7, 11) is 0. The minimum atomic E-state index is -0.237. The summed E-state index contributed by atoms with van der Waals surface area (Å²) in [5, 5.41) is 13.6. The zero-order valence-corrected chi connectivity index (χ0v) is 17.6. The van der Waals surface area contributed by atoms with Crippen molar-refractivity contribution in [3.63, 3.8) is 0 Å². The molecule has 0 saturated heterocycles. The summed E-state index contributed by atoms with van der Waals surface area (Å²) < 4.78 is 1.43. The maximum absolute atomic E-state index is 13.6. The van der Waals surface area contributed by atoms with Crippen molar-refractivity contribution in [2.45, 2.75) is 20.4 Å². The van der Waals surface area contributed by atoms with Gasteiger partial charge in [0.2, 0.25) is 0 Å². The monoisotopic (exact) mass is 415 g/mol. The second-order valence-electron chi connectivity index (χ2n) is 7.63. The van der Waals surface area contributed by atoms with Gasteiger partial charge in [0.15, 0.2) is 5.65 Å². The summed E-state index contributed by atoms with van der Waals surface area (Å²) in [6.07, 6.45) is 3.22. The first kappa shape index (κ1) is 20.7. The molecule has 2 aromatic heterocycles. The van der Waals surface area contributed by atoms with Crippen molar-refractivity contribution in [1.82, 2.24) is 19.9 Å². The van der Waals surface area contributed by atoms with E-state index in [9.17, 15) is 9.90 Å². The molecule has 0 aliphatic carbocycles. The summed E-state index contributed by atoms with van der Waals surface area (Å²) in [4.78, 5) is 22.5. The van der Waals surface area contributed by atoms with E-state index < -0.39 is 0 Å². The highest BCUT2D eigenvalue weighted by Crippen LogP contribution is 2.29. The van der Waals surface area contributed by atoms with E-state index in [4.69, 9.17) is 5.73 Å². The lowest BCUT2D eigenvalue weighted by Crippen LogP contribution is -2.25. The van der Waals surface area contributed by atoms with Crippen LogP contribution in [-0.4, -0.2) is 32.7 Å². The van der Waals surface area contributed by atoms with Crippen molar-refractivity contribution in [3.05, 3.63) is 82.0 Å². The Morgan fingerprint density at radius 2 is 1.87 bits per heavy atom. The highest BCUT2D eigenvalue weighted by atomic mass is 16.3. The van der Waals surface area contributed by atoms with Crippen molar-refractivity contribution in [1.29, 1.82) is 0 Å². The summed E-state index contributed by atoms with van der Waals surface area (Å²) in [5.41, 5.74) is 11.3. The van der Waals surface area contributed by atoms with Crippen LogP contribution in [0.25, 0.3) is 27.8 Å². The molecule has 0 radical (unpaired) electrons. The normalized spacial score (nSPS) is 11.2. The van der Waals surface area contributed by atoms with Crippen LogP contribution in [0.5, 0.6) is 5.75 Å².